The minimum absolute atomic E-state index is 0.149. The molecule has 0 aliphatic carbocycles. The molecule has 0 saturated carbocycles. The van der Waals surface area contributed by atoms with Gasteiger partial charge in [0.2, 0.25) is 0 Å². The molecule has 1 saturated heterocycles. The summed E-state index contributed by atoms with van der Waals surface area (Å²) in [5.74, 6) is 0.726. The Kier molecular flexibility index (Phi) is 3.74. The maximum absolute atomic E-state index is 13.1. The molecule has 2 rings (SSSR count). The summed E-state index contributed by atoms with van der Waals surface area (Å²) < 4.78 is 23.4. The second kappa shape index (κ2) is 5.27. The molecule has 1 aromatic carbocycles. The van der Waals surface area contributed by atoms with E-state index >= 15 is 0 Å². The maximum Gasteiger partial charge on any atom is 0.188 e. The van der Waals surface area contributed by atoms with E-state index in [-0.39, 0.29) is 12.6 Å². The summed E-state index contributed by atoms with van der Waals surface area (Å²) in [5, 5.41) is 3.29. The molecule has 16 heavy (non-hydrogen) atoms. The van der Waals surface area contributed by atoms with Gasteiger partial charge in [-0.05, 0) is 24.6 Å². The summed E-state index contributed by atoms with van der Waals surface area (Å²) >= 11 is 0. The summed E-state index contributed by atoms with van der Waals surface area (Å²) in [6.45, 7) is 2.08. The van der Waals surface area contributed by atoms with Crippen LogP contribution in [-0.4, -0.2) is 27.0 Å². The molecule has 88 valence electrons. The van der Waals surface area contributed by atoms with Crippen LogP contribution in [0.5, 0.6) is 5.75 Å². The first-order valence-electron chi connectivity index (χ1n) is 5.43. The van der Waals surface area contributed by atoms with Crippen molar-refractivity contribution in [2.24, 2.45) is 0 Å². The Labute approximate surface area is 94.6 Å². The Morgan fingerprint density at radius 3 is 3.06 bits per heavy atom. The number of hydrogen-bond donors (Lipinski definition) is 1. The molecule has 1 fully saturated rings. The third kappa shape index (κ3) is 2.51. The molecule has 0 radical (unpaired) electrons. The second-order valence-electron chi connectivity index (χ2n) is 3.92. The summed E-state index contributed by atoms with van der Waals surface area (Å²) in [4.78, 5) is 0. The first kappa shape index (κ1) is 11.4. The molecule has 4 heteroatoms. The zero-order chi connectivity index (χ0) is 11.4. The molecule has 1 N–H and O–H groups in total. The molecule has 1 aliphatic heterocycles. The van der Waals surface area contributed by atoms with Crippen molar-refractivity contribution in [1.29, 1.82) is 0 Å². The van der Waals surface area contributed by atoms with E-state index in [4.69, 9.17) is 9.47 Å². The van der Waals surface area contributed by atoms with Gasteiger partial charge in [0, 0.05) is 25.6 Å². The fraction of sp³-hybridized carbons (Fsp3) is 0.500. The van der Waals surface area contributed by atoms with Crippen LogP contribution < -0.4 is 10.1 Å². The van der Waals surface area contributed by atoms with Crippen LogP contribution in [0.3, 0.4) is 0 Å². The van der Waals surface area contributed by atoms with Gasteiger partial charge in [0.25, 0.3) is 0 Å². The van der Waals surface area contributed by atoms with E-state index in [0.29, 0.717) is 11.7 Å². The van der Waals surface area contributed by atoms with Crippen LogP contribution in [0, 0.1) is 5.82 Å². The number of hydrogen-bond acceptors (Lipinski definition) is 3. The van der Waals surface area contributed by atoms with Crippen molar-refractivity contribution in [3.8, 4) is 5.75 Å². The zero-order valence-electron chi connectivity index (χ0n) is 9.33. The van der Waals surface area contributed by atoms with E-state index < -0.39 is 0 Å². The van der Waals surface area contributed by atoms with Crippen LogP contribution in [0.1, 0.15) is 17.9 Å². The van der Waals surface area contributed by atoms with Crippen LogP contribution in [-0.2, 0) is 4.74 Å². The van der Waals surface area contributed by atoms with Gasteiger partial charge in [-0.1, -0.05) is 6.07 Å². The van der Waals surface area contributed by atoms with E-state index in [1.165, 1.54) is 12.1 Å². The number of halogens is 1. The largest absolute Gasteiger partial charge is 0.467 e. The summed E-state index contributed by atoms with van der Waals surface area (Å²) in [7, 11) is 1.55. The van der Waals surface area contributed by atoms with Crippen LogP contribution in [0.2, 0.25) is 0 Å². The first-order valence-corrected chi connectivity index (χ1v) is 5.43. The number of rotatable bonds is 4. The van der Waals surface area contributed by atoms with Gasteiger partial charge in [0.1, 0.15) is 11.6 Å². The number of nitrogens with one attached hydrogen (secondary N) is 1. The highest BCUT2D eigenvalue weighted by Crippen LogP contribution is 2.31. The molecule has 1 aromatic rings. The third-order valence-electron chi connectivity index (χ3n) is 2.81. The van der Waals surface area contributed by atoms with Gasteiger partial charge in [0.05, 0.1) is 0 Å². The molecule has 0 aromatic heterocycles. The van der Waals surface area contributed by atoms with Crippen LogP contribution >= 0.6 is 0 Å². The molecule has 1 aliphatic rings. The predicted octanol–water partition coefficient (Wildman–Crippen LogP) is 1.89. The molecule has 1 atom stereocenters. The van der Waals surface area contributed by atoms with E-state index in [2.05, 4.69) is 5.32 Å². The lowest BCUT2D eigenvalue weighted by molar-refractivity contribution is 0.0500. The van der Waals surface area contributed by atoms with Gasteiger partial charge in [-0.15, -0.1) is 0 Å². The van der Waals surface area contributed by atoms with E-state index in [0.717, 1.165) is 25.1 Å². The Morgan fingerprint density at radius 1 is 1.50 bits per heavy atom. The Bertz CT molecular complexity index is 351. The summed E-state index contributed by atoms with van der Waals surface area (Å²) in [5.41, 5.74) is 1.06. The highest BCUT2D eigenvalue weighted by atomic mass is 19.1. The normalized spacial score (nSPS) is 20.0. The van der Waals surface area contributed by atoms with E-state index in [1.807, 2.05) is 0 Å². The van der Waals surface area contributed by atoms with Crippen molar-refractivity contribution in [3.63, 3.8) is 0 Å². The van der Waals surface area contributed by atoms with Crippen LogP contribution in [0.15, 0.2) is 18.2 Å². The summed E-state index contributed by atoms with van der Waals surface area (Å²) in [6.07, 6.45) is 1.06. The topological polar surface area (TPSA) is 30.5 Å². The van der Waals surface area contributed by atoms with Gasteiger partial charge in [-0.2, -0.15) is 0 Å². The molecule has 3 nitrogen and oxygen atoms in total. The standard InChI is InChI=1S/C12H16FNO2/c1-15-8-16-12-6-10(13)2-3-11(12)9-4-5-14-7-9/h2-3,6,9,14H,4-5,7-8H2,1H3. The molecule has 0 bridgehead atoms. The molecular formula is C12H16FNO2. The number of benzene rings is 1. The minimum atomic E-state index is -0.277. The lowest BCUT2D eigenvalue weighted by atomic mass is 9.97. The van der Waals surface area contributed by atoms with Gasteiger partial charge in [-0.3, -0.25) is 0 Å². The van der Waals surface area contributed by atoms with Gasteiger partial charge < -0.3 is 14.8 Å². The zero-order valence-corrected chi connectivity index (χ0v) is 9.33. The lowest BCUT2D eigenvalue weighted by Crippen LogP contribution is -2.10. The molecule has 0 spiro atoms. The fourth-order valence-electron chi connectivity index (χ4n) is 2.01. The Morgan fingerprint density at radius 2 is 2.38 bits per heavy atom. The highest BCUT2D eigenvalue weighted by molar-refractivity contribution is 5.37. The molecule has 0 amide bonds. The lowest BCUT2D eigenvalue weighted by Gasteiger charge is -2.15. The van der Waals surface area contributed by atoms with Crippen molar-refractivity contribution in [2.45, 2.75) is 12.3 Å². The highest BCUT2D eigenvalue weighted by Gasteiger charge is 2.20. The maximum atomic E-state index is 13.1. The molecule has 1 heterocycles. The minimum Gasteiger partial charge on any atom is -0.467 e. The smallest absolute Gasteiger partial charge is 0.188 e. The van der Waals surface area contributed by atoms with E-state index in [9.17, 15) is 4.39 Å². The third-order valence-corrected chi connectivity index (χ3v) is 2.81. The summed E-state index contributed by atoms with van der Waals surface area (Å²) in [6, 6.07) is 4.71. The first-order chi connectivity index (χ1) is 7.81. The Hall–Kier alpha value is -1.13. The van der Waals surface area contributed by atoms with Crippen molar-refractivity contribution < 1.29 is 13.9 Å². The van der Waals surface area contributed by atoms with Crippen molar-refractivity contribution >= 4 is 0 Å². The second-order valence-corrected chi connectivity index (χ2v) is 3.92. The average molecular weight is 225 g/mol. The van der Waals surface area contributed by atoms with E-state index in [1.54, 1.807) is 13.2 Å². The van der Waals surface area contributed by atoms with Gasteiger partial charge in [-0.25, -0.2) is 4.39 Å². The SMILES string of the molecule is COCOc1cc(F)ccc1C1CCNC1. The average Bonchev–Trinajstić information content (AvgIpc) is 2.80. The number of methoxy groups -OCH3 is 1. The van der Waals surface area contributed by atoms with Crippen molar-refractivity contribution in [3.05, 3.63) is 29.6 Å². The van der Waals surface area contributed by atoms with Crippen LogP contribution in [0.4, 0.5) is 4.39 Å². The quantitative estimate of drug-likeness (QED) is 0.794. The van der Waals surface area contributed by atoms with Gasteiger partial charge in [0.15, 0.2) is 6.79 Å². The van der Waals surface area contributed by atoms with Crippen molar-refractivity contribution in [2.75, 3.05) is 27.0 Å². The van der Waals surface area contributed by atoms with Gasteiger partial charge >= 0.3 is 0 Å². The monoisotopic (exact) mass is 225 g/mol. The molecular weight excluding hydrogens is 209 g/mol. The number of ether oxygens (including phenoxy) is 2. The fourth-order valence-corrected chi connectivity index (χ4v) is 2.01. The van der Waals surface area contributed by atoms with Crippen LogP contribution in [0.25, 0.3) is 0 Å². The Balaban J connectivity index is 2.20. The predicted molar refractivity (Wildman–Crippen MR) is 59.1 cm³/mol. The van der Waals surface area contributed by atoms with Crippen molar-refractivity contribution in [1.82, 2.24) is 5.32 Å². The molecule has 1 unspecified atom stereocenters.